The fourth-order valence-corrected chi connectivity index (χ4v) is 2.12. The Kier molecular flexibility index (Phi) is 6.59. The van der Waals surface area contributed by atoms with Crippen molar-refractivity contribution >= 4 is 11.9 Å². The second-order valence-corrected chi connectivity index (χ2v) is 4.15. The topological polar surface area (TPSA) is 74.6 Å². The van der Waals surface area contributed by atoms with E-state index in [0.717, 1.165) is 32.1 Å². The van der Waals surface area contributed by atoms with Crippen LogP contribution in [0.2, 0.25) is 0 Å². The van der Waals surface area contributed by atoms with Crippen LogP contribution in [0.4, 0.5) is 0 Å². The molecule has 82 valence electrons. The summed E-state index contributed by atoms with van der Waals surface area (Å²) in [5.74, 6) is -2.64. The molecule has 0 atom stereocenters. The second kappa shape index (κ2) is 6.35. The van der Waals surface area contributed by atoms with Gasteiger partial charge in [0.2, 0.25) is 0 Å². The molecule has 0 spiro atoms. The smallest absolute Gasteiger partial charge is 1.00 e. The van der Waals surface area contributed by atoms with Gasteiger partial charge in [-0.25, -0.2) is 0 Å². The van der Waals surface area contributed by atoms with E-state index in [-0.39, 0.29) is 58.7 Å². The molecule has 0 radical (unpaired) electrons. The minimum Gasteiger partial charge on any atom is -1.00 e. The van der Waals surface area contributed by atoms with Gasteiger partial charge >= 0.3 is 63.3 Å². The molecule has 1 rings (SSSR count). The number of carbonyl (C=O) groups is 2. The van der Waals surface area contributed by atoms with Crippen LogP contribution in [-0.4, -0.2) is 22.2 Å². The average molecular weight is 240 g/mol. The first-order valence-corrected chi connectivity index (χ1v) is 4.96. The first kappa shape index (κ1) is 15.6. The third kappa shape index (κ3) is 3.26. The third-order valence-electron chi connectivity index (χ3n) is 3.31. The summed E-state index contributed by atoms with van der Waals surface area (Å²) < 4.78 is 0. The van der Waals surface area contributed by atoms with Gasteiger partial charge in [0, 0.05) is 0 Å². The second-order valence-electron chi connectivity index (χ2n) is 4.15. The van der Waals surface area contributed by atoms with Crippen molar-refractivity contribution in [3.63, 3.8) is 0 Å². The molecule has 4 nitrogen and oxygen atoms in total. The molecule has 15 heavy (non-hydrogen) atoms. The minimum atomic E-state index is -1.60. The van der Waals surface area contributed by atoms with Crippen molar-refractivity contribution in [3.8, 4) is 0 Å². The summed E-state index contributed by atoms with van der Waals surface area (Å²) in [5.41, 5.74) is -1.60. The Hall–Kier alpha value is 0.576. The van der Waals surface area contributed by atoms with Crippen molar-refractivity contribution in [1.82, 2.24) is 0 Å². The van der Waals surface area contributed by atoms with Gasteiger partial charge in [-0.2, -0.15) is 0 Å². The fraction of sp³-hybridized carbons (Fsp3) is 0.800. The van der Waals surface area contributed by atoms with E-state index in [1.165, 1.54) is 6.92 Å². The van der Waals surface area contributed by atoms with Gasteiger partial charge in [-0.1, -0.05) is 19.3 Å². The van der Waals surface area contributed by atoms with Crippen molar-refractivity contribution in [1.29, 1.82) is 0 Å². The molecule has 0 aromatic rings. The van der Waals surface area contributed by atoms with E-state index in [4.69, 9.17) is 10.2 Å². The molecule has 0 heterocycles. The number of aliphatic carboxylic acids is 2. The van der Waals surface area contributed by atoms with Gasteiger partial charge in [0.05, 0.1) is 0 Å². The molecule has 5 heteroatoms. The van der Waals surface area contributed by atoms with Gasteiger partial charge in [0.25, 0.3) is 0 Å². The van der Waals surface area contributed by atoms with Crippen LogP contribution in [0.1, 0.15) is 40.5 Å². The number of hydrogen-bond donors (Lipinski definition) is 2. The molecule has 0 bridgehead atoms. The van der Waals surface area contributed by atoms with Crippen LogP contribution in [-0.2, 0) is 9.59 Å². The Bertz CT molecular complexity index is 237. The van der Waals surface area contributed by atoms with Crippen molar-refractivity contribution in [2.45, 2.75) is 39.0 Å². The van der Waals surface area contributed by atoms with E-state index in [0.29, 0.717) is 0 Å². The molecule has 0 aromatic heterocycles. The molecule has 1 saturated carbocycles. The summed E-state index contributed by atoms with van der Waals surface area (Å²) >= 11 is 0. The maximum Gasteiger partial charge on any atom is 1.00 e. The predicted octanol–water partition coefficient (Wildman–Crippen LogP) is -1.14. The van der Waals surface area contributed by atoms with Crippen LogP contribution in [0.15, 0.2) is 0 Å². The van der Waals surface area contributed by atoms with Gasteiger partial charge in [-0.15, -0.1) is 0 Å². The number of rotatable bonds is 3. The summed E-state index contributed by atoms with van der Waals surface area (Å²) in [7, 11) is 0. The van der Waals surface area contributed by atoms with E-state index in [2.05, 4.69) is 0 Å². The molecule has 2 N–H and O–H groups in total. The molecule has 0 unspecified atom stereocenters. The molecule has 1 aliphatic carbocycles. The summed E-state index contributed by atoms with van der Waals surface area (Å²) in [6, 6.07) is 0. The maximum atomic E-state index is 11.0. The van der Waals surface area contributed by atoms with Crippen molar-refractivity contribution in [2.75, 3.05) is 0 Å². The molecular formula is C10H17KO4. The van der Waals surface area contributed by atoms with Gasteiger partial charge in [0.15, 0.2) is 5.41 Å². The van der Waals surface area contributed by atoms with Gasteiger partial charge in [-0.05, 0) is 25.7 Å². The summed E-state index contributed by atoms with van der Waals surface area (Å²) in [4.78, 5) is 22.0. The third-order valence-corrected chi connectivity index (χ3v) is 3.31. The van der Waals surface area contributed by atoms with E-state index < -0.39 is 17.4 Å². The normalized spacial score (nSPS) is 17.9. The van der Waals surface area contributed by atoms with Crippen LogP contribution in [0.25, 0.3) is 0 Å². The van der Waals surface area contributed by atoms with Crippen molar-refractivity contribution in [2.24, 2.45) is 11.3 Å². The fourth-order valence-electron chi connectivity index (χ4n) is 2.12. The van der Waals surface area contributed by atoms with Crippen LogP contribution < -0.4 is 51.4 Å². The van der Waals surface area contributed by atoms with Gasteiger partial charge < -0.3 is 11.6 Å². The number of carboxylic acids is 2. The molecule has 0 amide bonds. The van der Waals surface area contributed by atoms with Crippen LogP contribution >= 0.6 is 0 Å². The molecule has 0 aromatic carbocycles. The summed E-state index contributed by atoms with van der Waals surface area (Å²) in [6.07, 6.45) is 4.41. The monoisotopic (exact) mass is 240 g/mol. The Morgan fingerprint density at radius 2 is 1.53 bits per heavy atom. The minimum absolute atomic E-state index is 0. The number of carboxylic acid groups (broad SMARTS) is 2. The van der Waals surface area contributed by atoms with Gasteiger partial charge in [0.1, 0.15) is 0 Å². The Morgan fingerprint density at radius 1 is 1.13 bits per heavy atom. The van der Waals surface area contributed by atoms with Gasteiger partial charge in [-0.3, -0.25) is 9.59 Å². The Labute approximate surface area is 133 Å². The quantitative estimate of drug-likeness (QED) is 0.483. The van der Waals surface area contributed by atoms with E-state index in [1.54, 1.807) is 0 Å². The Balaban J connectivity index is 0. The van der Waals surface area contributed by atoms with E-state index in [9.17, 15) is 9.59 Å². The molecule has 1 aliphatic rings. The SMILES string of the molecule is CC(C(=O)O)(C(=O)O)C1CCCCC1.[H-].[K+]. The molecule has 1 fully saturated rings. The molecule has 0 aliphatic heterocycles. The number of hydrogen-bond acceptors (Lipinski definition) is 2. The standard InChI is InChI=1S/C10H16O4.K.H/c1-10(8(11)12,9(13)14)7-5-3-2-4-6-7;;/h7H,2-6H2,1H3,(H,11,12)(H,13,14);;/q;+1;-1. The van der Waals surface area contributed by atoms with E-state index >= 15 is 0 Å². The first-order valence-electron chi connectivity index (χ1n) is 4.96. The largest absolute Gasteiger partial charge is 1.00 e. The van der Waals surface area contributed by atoms with Crippen LogP contribution in [0.3, 0.4) is 0 Å². The zero-order valence-corrected chi connectivity index (χ0v) is 12.4. The van der Waals surface area contributed by atoms with Crippen LogP contribution in [0, 0.1) is 11.3 Å². The summed E-state index contributed by atoms with van der Waals surface area (Å²) in [5, 5.41) is 17.9. The Morgan fingerprint density at radius 3 is 1.87 bits per heavy atom. The van der Waals surface area contributed by atoms with Crippen molar-refractivity contribution in [3.05, 3.63) is 0 Å². The van der Waals surface area contributed by atoms with Crippen molar-refractivity contribution < 1.29 is 72.6 Å². The first-order chi connectivity index (χ1) is 6.49. The average Bonchev–Trinajstić information content (AvgIpc) is 2.17. The predicted molar refractivity (Wildman–Crippen MR) is 51.1 cm³/mol. The summed E-state index contributed by atoms with van der Waals surface area (Å²) in [6.45, 7) is 1.33. The zero-order chi connectivity index (χ0) is 10.8. The molecular weight excluding hydrogens is 223 g/mol. The van der Waals surface area contributed by atoms with Crippen LogP contribution in [0.5, 0.6) is 0 Å². The molecule has 0 saturated heterocycles. The zero-order valence-electron chi connectivity index (χ0n) is 10.3. The van der Waals surface area contributed by atoms with E-state index in [1.807, 2.05) is 0 Å². The maximum absolute atomic E-state index is 11.0.